The molecule has 3 rings (SSSR count). The molecule has 1 saturated heterocycles. The van der Waals surface area contributed by atoms with E-state index in [1.165, 1.54) is 4.90 Å². The Balaban J connectivity index is 1.84. The highest BCUT2D eigenvalue weighted by Gasteiger charge is 2.35. The summed E-state index contributed by atoms with van der Waals surface area (Å²) in [6, 6.07) is 12.0. The normalized spacial score (nSPS) is 15.4. The number of amides is 3. The number of carbonyl (C=O) groups is 3. The summed E-state index contributed by atoms with van der Waals surface area (Å²) in [7, 11) is 0. The van der Waals surface area contributed by atoms with Crippen LogP contribution in [-0.4, -0.2) is 28.6 Å². The topological polar surface area (TPSA) is 89.7 Å². The van der Waals surface area contributed by atoms with Crippen molar-refractivity contribution in [3.63, 3.8) is 0 Å². The molecule has 0 aliphatic carbocycles. The number of hydrogen-bond donors (Lipinski definition) is 1. The standard InChI is InChI=1S/C19H14BrClN2O4S/c20-13-3-6-15(27-10-17(22)24)12(7-13)8-16-18(25)23(19(26)28-16)9-11-1-4-14(21)5-2-11/h1-8H,9-10H2,(H2,22,24)/b16-8-. The molecule has 0 aromatic heterocycles. The van der Waals surface area contributed by atoms with Gasteiger partial charge >= 0.3 is 0 Å². The minimum Gasteiger partial charge on any atom is -0.483 e. The van der Waals surface area contributed by atoms with Gasteiger partial charge < -0.3 is 10.5 Å². The second-order valence-corrected chi connectivity index (χ2v) is 8.18. The number of rotatable bonds is 6. The van der Waals surface area contributed by atoms with E-state index >= 15 is 0 Å². The third-order valence-corrected chi connectivity index (χ3v) is 5.41. The Kier molecular flexibility index (Phi) is 6.43. The molecule has 2 N–H and O–H groups in total. The van der Waals surface area contributed by atoms with Crippen molar-refractivity contribution in [2.24, 2.45) is 5.73 Å². The Hall–Kier alpha value is -2.29. The van der Waals surface area contributed by atoms with Crippen LogP contribution in [0.4, 0.5) is 4.79 Å². The van der Waals surface area contributed by atoms with Crippen LogP contribution < -0.4 is 10.5 Å². The third kappa shape index (κ3) is 4.95. The lowest BCUT2D eigenvalue weighted by Crippen LogP contribution is -2.27. The monoisotopic (exact) mass is 480 g/mol. The van der Waals surface area contributed by atoms with Crippen LogP contribution in [0.25, 0.3) is 6.08 Å². The molecule has 9 heteroatoms. The number of primary amides is 1. The molecule has 0 radical (unpaired) electrons. The number of nitrogens with zero attached hydrogens (tertiary/aromatic N) is 1. The summed E-state index contributed by atoms with van der Waals surface area (Å²) in [4.78, 5) is 37.5. The van der Waals surface area contributed by atoms with E-state index in [1.54, 1.807) is 48.5 Å². The molecule has 1 fully saturated rings. The maximum atomic E-state index is 12.7. The van der Waals surface area contributed by atoms with E-state index in [2.05, 4.69) is 15.9 Å². The van der Waals surface area contributed by atoms with E-state index < -0.39 is 11.8 Å². The van der Waals surface area contributed by atoms with Crippen molar-refractivity contribution in [1.29, 1.82) is 0 Å². The first-order chi connectivity index (χ1) is 13.3. The van der Waals surface area contributed by atoms with Gasteiger partial charge in [0, 0.05) is 15.1 Å². The van der Waals surface area contributed by atoms with Crippen molar-refractivity contribution in [3.05, 3.63) is 68.0 Å². The molecule has 0 unspecified atom stereocenters. The van der Waals surface area contributed by atoms with Crippen LogP contribution in [0.5, 0.6) is 5.75 Å². The largest absolute Gasteiger partial charge is 0.483 e. The maximum Gasteiger partial charge on any atom is 0.293 e. The smallest absolute Gasteiger partial charge is 0.293 e. The third-order valence-electron chi connectivity index (χ3n) is 3.76. The number of benzene rings is 2. The molecular formula is C19H14BrClN2O4S. The van der Waals surface area contributed by atoms with Crippen molar-refractivity contribution in [3.8, 4) is 5.75 Å². The fourth-order valence-electron chi connectivity index (χ4n) is 2.46. The highest BCUT2D eigenvalue weighted by molar-refractivity contribution is 9.10. The van der Waals surface area contributed by atoms with Crippen LogP contribution in [0, 0.1) is 0 Å². The molecule has 0 bridgehead atoms. The van der Waals surface area contributed by atoms with E-state index in [4.69, 9.17) is 22.1 Å². The van der Waals surface area contributed by atoms with Crippen LogP contribution in [0.3, 0.4) is 0 Å². The average molecular weight is 482 g/mol. The second kappa shape index (κ2) is 8.81. The SMILES string of the molecule is NC(=O)COc1ccc(Br)cc1/C=C1\SC(=O)N(Cc2ccc(Cl)cc2)C1=O. The highest BCUT2D eigenvalue weighted by atomic mass is 79.9. The molecule has 0 spiro atoms. The molecule has 28 heavy (non-hydrogen) atoms. The molecule has 2 aromatic carbocycles. The van der Waals surface area contributed by atoms with Crippen molar-refractivity contribution >= 4 is 62.4 Å². The number of hydrogen-bond acceptors (Lipinski definition) is 5. The molecule has 0 saturated carbocycles. The Morgan fingerprint density at radius 2 is 1.93 bits per heavy atom. The fraction of sp³-hybridized carbons (Fsp3) is 0.105. The molecule has 2 aromatic rings. The zero-order chi connectivity index (χ0) is 20.3. The summed E-state index contributed by atoms with van der Waals surface area (Å²) < 4.78 is 6.14. The molecular weight excluding hydrogens is 468 g/mol. The first-order valence-corrected chi connectivity index (χ1v) is 10.0. The van der Waals surface area contributed by atoms with E-state index in [-0.39, 0.29) is 23.3 Å². The fourth-order valence-corrected chi connectivity index (χ4v) is 3.80. The van der Waals surface area contributed by atoms with Gasteiger partial charge in [-0.05, 0) is 53.7 Å². The zero-order valence-corrected chi connectivity index (χ0v) is 17.5. The summed E-state index contributed by atoms with van der Waals surface area (Å²) in [5.41, 5.74) is 6.46. The van der Waals surface area contributed by atoms with Crippen molar-refractivity contribution in [2.75, 3.05) is 6.61 Å². The van der Waals surface area contributed by atoms with Crippen molar-refractivity contribution in [2.45, 2.75) is 6.54 Å². The van der Waals surface area contributed by atoms with Gasteiger partial charge in [0.2, 0.25) is 0 Å². The van der Waals surface area contributed by atoms with Crippen LogP contribution in [0.2, 0.25) is 5.02 Å². The maximum absolute atomic E-state index is 12.7. The van der Waals surface area contributed by atoms with Gasteiger partial charge in [-0.25, -0.2) is 0 Å². The number of thioether (sulfide) groups is 1. The number of carbonyl (C=O) groups excluding carboxylic acids is 3. The van der Waals surface area contributed by atoms with Gasteiger partial charge in [0.15, 0.2) is 6.61 Å². The summed E-state index contributed by atoms with van der Waals surface area (Å²) in [6.45, 7) is -0.136. The van der Waals surface area contributed by atoms with Crippen molar-refractivity contribution in [1.82, 2.24) is 4.90 Å². The van der Waals surface area contributed by atoms with E-state index in [1.807, 2.05) is 0 Å². The molecule has 1 aliphatic heterocycles. The Labute approximate surface area is 178 Å². The molecule has 6 nitrogen and oxygen atoms in total. The quantitative estimate of drug-likeness (QED) is 0.625. The number of halogens is 2. The van der Waals surface area contributed by atoms with Crippen LogP contribution >= 0.6 is 39.3 Å². The molecule has 1 heterocycles. The molecule has 1 aliphatic rings. The van der Waals surface area contributed by atoms with Gasteiger partial charge in [0.05, 0.1) is 11.4 Å². The first-order valence-electron chi connectivity index (χ1n) is 8.04. The Morgan fingerprint density at radius 3 is 2.61 bits per heavy atom. The van der Waals surface area contributed by atoms with Crippen LogP contribution in [0.1, 0.15) is 11.1 Å². The predicted octanol–water partition coefficient (Wildman–Crippen LogP) is 4.20. The van der Waals surface area contributed by atoms with Gasteiger partial charge in [-0.3, -0.25) is 19.3 Å². The van der Waals surface area contributed by atoms with E-state index in [0.29, 0.717) is 16.3 Å². The number of nitrogens with two attached hydrogens (primary N) is 1. The first kappa shape index (κ1) is 20.4. The summed E-state index contributed by atoms with van der Waals surface area (Å²) in [5, 5.41) is 0.219. The van der Waals surface area contributed by atoms with Crippen LogP contribution in [-0.2, 0) is 16.1 Å². The number of imide groups is 1. The van der Waals surface area contributed by atoms with Gasteiger partial charge in [-0.15, -0.1) is 0 Å². The molecule has 0 atom stereocenters. The Bertz CT molecular complexity index is 978. The predicted molar refractivity (Wildman–Crippen MR) is 112 cm³/mol. The number of ether oxygens (including phenoxy) is 1. The van der Waals surface area contributed by atoms with Gasteiger partial charge in [-0.1, -0.05) is 39.7 Å². The summed E-state index contributed by atoms with van der Waals surface area (Å²) >= 11 is 10.1. The minimum atomic E-state index is -0.614. The van der Waals surface area contributed by atoms with Crippen LogP contribution in [0.15, 0.2) is 51.8 Å². The zero-order valence-electron chi connectivity index (χ0n) is 14.4. The van der Waals surface area contributed by atoms with Gasteiger partial charge in [0.25, 0.3) is 17.1 Å². The second-order valence-electron chi connectivity index (χ2n) is 5.83. The average Bonchev–Trinajstić information content (AvgIpc) is 2.90. The van der Waals surface area contributed by atoms with E-state index in [0.717, 1.165) is 21.8 Å². The highest BCUT2D eigenvalue weighted by Crippen LogP contribution is 2.35. The lowest BCUT2D eigenvalue weighted by Gasteiger charge is -2.12. The lowest BCUT2D eigenvalue weighted by molar-refractivity contribution is -0.123. The summed E-state index contributed by atoms with van der Waals surface area (Å²) in [5.74, 6) is -0.630. The Morgan fingerprint density at radius 1 is 1.21 bits per heavy atom. The van der Waals surface area contributed by atoms with Gasteiger partial charge in [-0.2, -0.15) is 0 Å². The minimum absolute atomic E-state index is 0.155. The van der Waals surface area contributed by atoms with Crippen molar-refractivity contribution < 1.29 is 19.1 Å². The summed E-state index contributed by atoms with van der Waals surface area (Å²) in [6.07, 6.45) is 1.56. The lowest BCUT2D eigenvalue weighted by atomic mass is 10.1. The van der Waals surface area contributed by atoms with Gasteiger partial charge in [0.1, 0.15) is 5.75 Å². The molecule has 3 amide bonds. The van der Waals surface area contributed by atoms with E-state index in [9.17, 15) is 14.4 Å². The molecule has 144 valence electrons.